The van der Waals surface area contributed by atoms with Crippen LogP contribution in [0.5, 0.6) is 11.5 Å². The van der Waals surface area contributed by atoms with Gasteiger partial charge in [0, 0.05) is 63.6 Å². The molecule has 0 atom stereocenters. The number of rotatable bonds is 11. The molecule has 1 amide bonds. The van der Waals surface area contributed by atoms with Crippen LogP contribution in [0.25, 0.3) is 10.9 Å². The number of nitrogens with zero attached hydrogens (tertiary/aromatic N) is 7. The fourth-order valence-corrected chi connectivity index (χ4v) is 4.72. The third-order valence-corrected chi connectivity index (χ3v) is 6.83. The van der Waals surface area contributed by atoms with Crippen molar-refractivity contribution in [1.29, 1.82) is 0 Å². The van der Waals surface area contributed by atoms with E-state index in [9.17, 15) is 4.79 Å². The van der Waals surface area contributed by atoms with E-state index < -0.39 is 5.91 Å². The van der Waals surface area contributed by atoms with E-state index in [1.165, 1.54) is 12.4 Å². The summed E-state index contributed by atoms with van der Waals surface area (Å²) >= 11 is 0. The lowest BCUT2D eigenvalue weighted by Gasteiger charge is -2.26. The van der Waals surface area contributed by atoms with Crippen molar-refractivity contribution in [3.8, 4) is 11.5 Å². The van der Waals surface area contributed by atoms with Crippen molar-refractivity contribution in [2.24, 2.45) is 4.99 Å². The summed E-state index contributed by atoms with van der Waals surface area (Å²) < 4.78 is 19.2. The Bertz CT molecular complexity index is 1390. The molecule has 0 aliphatic carbocycles. The summed E-state index contributed by atoms with van der Waals surface area (Å²) in [7, 11) is 5.58. The molecule has 3 aromatic rings. The highest BCUT2D eigenvalue weighted by Crippen LogP contribution is 2.37. The summed E-state index contributed by atoms with van der Waals surface area (Å²) in [5, 5.41) is 7.40. The SMILES string of the molecule is COc1c(OCCCN2CCOCC2)ccc2c3n(c(=NC(=O)c4cnc(NCCN(C)C)nc4)nc12)CCN3. The Balaban J connectivity index is 1.36. The maximum Gasteiger partial charge on any atom is 0.283 e. The van der Waals surface area contributed by atoms with Gasteiger partial charge in [0.2, 0.25) is 11.6 Å². The molecular weight excluding hydrogens is 514 g/mol. The number of aromatic nitrogens is 4. The molecule has 1 aromatic carbocycles. The molecule has 1 saturated heterocycles. The highest BCUT2D eigenvalue weighted by molar-refractivity contribution is 5.96. The number of hydrogen-bond acceptors (Lipinski definition) is 11. The van der Waals surface area contributed by atoms with Crippen LogP contribution < -0.4 is 25.7 Å². The van der Waals surface area contributed by atoms with E-state index in [-0.39, 0.29) is 11.2 Å². The number of likely N-dealkylation sites (N-methyl/N-ethyl adjacent to an activating group) is 1. The molecule has 2 aliphatic rings. The van der Waals surface area contributed by atoms with Crippen LogP contribution in [0.3, 0.4) is 0 Å². The Morgan fingerprint density at radius 1 is 1.20 bits per heavy atom. The van der Waals surface area contributed by atoms with Crippen LogP contribution in [0.1, 0.15) is 16.8 Å². The molecule has 0 bridgehead atoms. The van der Waals surface area contributed by atoms with Crippen molar-refractivity contribution >= 4 is 28.6 Å². The molecule has 2 N–H and O–H groups in total. The van der Waals surface area contributed by atoms with Crippen LogP contribution in [-0.2, 0) is 11.3 Å². The van der Waals surface area contributed by atoms with Crippen LogP contribution in [0, 0.1) is 0 Å². The quantitative estimate of drug-likeness (QED) is 0.332. The summed E-state index contributed by atoms with van der Waals surface area (Å²) in [6.07, 6.45) is 3.84. The maximum atomic E-state index is 13.1. The number of nitrogens with one attached hydrogen (secondary N) is 2. The number of carbonyl (C=O) groups is 1. The van der Waals surface area contributed by atoms with Gasteiger partial charge in [-0.15, -0.1) is 0 Å². The van der Waals surface area contributed by atoms with E-state index in [1.54, 1.807) is 7.11 Å². The third kappa shape index (κ3) is 6.49. The van der Waals surface area contributed by atoms with Crippen molar-refractivity contribution in [3.05, 3.63) is 35.7 Å². The van der Waals surface area contributed by atoms with Crippen molar-refractivity contribution in [1.82, 2.24) is 29.3 Å². The average Bonchev–Trinajstić information content (AvgIpc) is 3.47. The van der Waals surface area contributed by atoms with Crippen LogP contribution in [-0.4, -0.2) is 116 Å². The van der Waals surface area contributed by atoms with Gasteiger partial charge in [0.05, 0.1) is 32.5 Å². The first kappa shape index (κ1) is 27.7. The number of morpholine rings is 1. The normalized spacial score (nSPS) is 15.8. The van der Waals surface area contributed by atoms with Gasteiger partial charge < -0.3 is 29.7 Å². The Morgan fingerprint density at radius 3 is 2.75 bits per heavy atom. The van der Waals surface area contributed by atoms with Crippen molar-refractivity contribution in [2.75, 3.05) is 90.9 Å². The van der Waals surface area contributed by atoms with E-state index in [1.807, 2.05) is 30.8 Å². The molecule has 13 heteroatoms. The van der Waals surface area contributed by atoms with E-state index in [0.29, 0.717) is 49.2 Å². The maximum absolute atomic E-state index is 13.1. The minimum atomic E-state index is -0.470. The van der Waals surface area contributed by atoms with Crippen LogP contribution in [0.2, 0.25) is 0 Å². The minimum Gasteiger partial charge on any atom is -0.491 e. The van der Waals surface area contributed by atoms with Gasteiger partial charge in [-0.2, -0.15) is 4.99 Å². The first-order chi connectivity index (χ1) is 19.5. The van der Waals surface area contributed by atoms with Gasteiger partial charge in [0.1, 0.15) is 11.3 Å². The average molecular weight is 552 g/mol. The number of amides is 1. The van der Waals surface area contributed by atoms with Gasteiger partial charge in [-0.1, -0.05) is 0 Å². The summed E-state index contributed by atoms with van der Waals surface area (Å²) in [6.45, 7) is 7.85. The first-order valence-corrected chi connectivity index (χ1v) is 13.6. The Labute approximate surface area is 233 Å². The number of methoxy groups -OCH3 is 1. The fraction of sp³-hybridized carbons (Fsp3) is 0.519. The zero-order valence-corrected chi connectivity index (χ0v) is 23.4. The predicted molar refractivity (Wildman–Crippen MR) is 151 cm³/mol. The lowest BCUT2D eigenvalue weighted by atomic mass is 10.2. The predicted octanol–water partition coefficient (Wildman–Crippen LogP) is 1.08. The van der Waals surface area contributed by atoms with Crippen molar-refractivity contribution in [3.63, 3.8) is 0 Å². The lowest BCUT2D eigenvalue weighted by molar-refractivity contribution is 0.0357. The van der Waals surface area contributed by atoms with Gasteiger partial charge >= 0.3 is 0 Å². The number of anilines is 2. The van der Waals surface area contributed by atoms with Crippen LogP contribution in [0.4, 0.5) is 11.8 Å². The Morgan fingerprint density at radius 2 is 2.00 bits per heavy atom. The lowest BCUT2D eigenvalue weighted by Crippen LogP contribution is -2.37. The van der Waals surface area contributed by atoms with Crippen LogP contribution in [0.15, 0.2) is 29.5 Å². The van der Waals surface area contributed by atoms with Gasteiger partial charge in [-0.05, 0) is 32.6 Å². The summed E-state index contributed by atoms with van der Waals surface area (Å²) in [4.78, 5) is 35.2. The zero-order chi connectivity index (χ0) is 27.9. The van der Waals surface area contributed by atoms with Crippen LogP contribution >= 0.6 is 0 Å². The number of fused-ring (bicyclic) bond motifs is 3. The van der Waals surface area contributed by atoms with E-state index in [0.717, 1.165) is 57.0 Å². The molecule has 0 radical (unpaired) electrons. The van der Waals surface area contributed by atoms with Gasteiger partial charge in [0.15, 0.2) is 11.5 Å². The largest absolute Gasteiger partial charge is 0.491 e. The molecule has 4 heterocycles. The minimum absolute atomic E-state index is 0.282. The molecule has 2 aliphatic heterocycles. The molecule has 40 heavy (non-hydrogen) atoms. The Kier molecular flexibility index (Phi) is 9.04. The smallest absolute Gasteiger partial charge is 0.283 e. The topological polar surface area (TPSA) is 131 Å². The number of ether oxygens (including phenoxy) is 3. The second-order valence-corrected chi connectivity index (χ2v) is 9.93. The van der Waals surface area contributed by atoms with E-state index in [2.05, 4.69) is 35.4 Å². The molecule has 214 valence electrons. The number of benzene rings is 1. The van der Waals surface area contributed by atoms with Gasteiger partial charge in [0.25, 0.3) is 5.91 Å². The van der Waals surface area contributed by atoms with Crippen molar-refractivity contribution in [2.45, 2.75) is 13.0 Å². The molecule has 0 saturated carbocycles. The van der Waals surface area contributed by atoms with Gasteiger partial charge in [-0.3, -0.25) is 14.3 Å². The molecule has 5 rings (SSSR count). The van der Waals surface area contributed by atoms with Crippen molar-refractivity contribution < 1.29 is 19.0 Å². The number of carbonyl (C=O) groups excluding carboxylic acids is 1. The Hall–Kier alpha value is -3.81. The molecule has 13 nitrogen and oxygen atoms in total. The molecule has 2 aromatic heterocycles. The highest BCUT2D eigenvalue weighted by Gasteiger charge is 2.21. The third-order valence-electron chi connectivity index (χ3n) is 6.83. The fourth-order valence-electron chi connectivity index (χ4n) is 4.72. The number of hydrogen-bond donors (Lipinski definition) is 2. The monoisotopic (exact) mass is 551 g/mol. The standard InChI is InChI=1S/C27H37N9O4/c1-34(2)10-7-29-26-30-17-19(18-31-26)25(37)33-27-32-22-20(24-28-8-11-36(24)27)5-6-21(23(22)38-3)40-14-4-9-35-12-15-39-16-13-35/h5-6,17-18,28H,4,7-16H2,1-3H3,(H,29,30,31). The van der Waals surface area contributed by atoms with E-state index in [4.69, 9.17) is 19.2 Å². The summed E-state index contributed by atoms with van der Waals surface area (Å²) in [5.74, 6) is 1.95. The molecule has 0 unspecified atom stereocenters. The molecule has 0 spiro atoms. The molecule has 1 fully saturated rings. The summed E-state index contributed by atoms with van der Waals surface area (Å²) in [5.41, 5.74) is 1.15. The van der Waals surface area contributed by atoms with E-state index >= 15 is 0 Å². The second-order valence-electron chi connectivity index (χ2n) is 9.93. The summed E-state index contributed by atoms with van der Waals surface area (Å²) in [6, 6.07) is 3.87. The molecular formula is C27H37N9O4. The van der Waals surface area contributed by atoms with Gasteiger partial charge in [-0.25, -0.2) is 15.0 Å². The highest BCUT2D eigenvalue weighted by atomic mass is 16.5. The zero-order valence-electron chi connectivity index (χ0n) is 23.4. The first-order valence-electron chi connectivity index (χ1n) is 13.6. The second kappa shape index (κ2) is 13.0.